The number of amides is 1. The van der Waals surface area contributed by atoms with E-state index in [9.17, 15) is 24.5 Å². The summed E-state index contributed by atoms with van der Waals surface area (Å²) in [5.74, 6) is -2.15. The highest BCUT2D eigenvalue weighted by Crippen LogP contribution is 2.04. The minimum absolute atomic E-state index is 0.000639. The summed E-state index contributed by atoms with van der Waals surface area (Å²) in [6, 6.07) is -1.03. The van der Waals surface area contributed by atoms with Crippen molar-refractivity contribution in [1.29, 1.82) is 0 Å². The van der Waals surface area contributed by atoms with Gasteiger partial charge in [0.2, 0.25) is 5.91 Å². The van der Waals surface area contributed by atoms with Crippen molar-refractivity contribution in [2.45, 2.75) is 57.9 Å². The molecule has 0 aromatic rings. The number of hydrogen-bond donors (Lipinski definition) is 2. The number of carboxylic acids is 1. The Morgan fingerprint density at radius 3 is 2.50 bits per heavy atom. The summed E-state index contributed by atoms with van der Waals surface area (Å²) in [5.41, 5.74) is 0. The molecule has 0 aliphatic heterocycles. The second kappa shape index (κ2) is 14.7. The fraction of sp³-hybridized carbons (Fsp3) is 0.688. The predicted octanol–water partition coefficient (Wildman–Crippen LogP) is 1.61. The summed E-state index contributed by atoms with van der Waals surface area (Å²) in [4.78, 5) is 48.7. The number of carbonyl (C=O) groups is 3. The molecule has 0 heterocycles. The van der Waals surface area contributed by atoms with Crippen LogP contribution in [0.2, 0.25) is 0 Å². The van der Waals surface area contributed by atoms with Crippen LogP contribution in [-0.2, 0) is 24.0 Å². The number of carbonyl (C=O) groups excluding carboxylic acids is 2. The highest BCUT2D eigenvalue weighted by molar-refractivity contribution is 5.84. The van der Waals surface area contributed by atoms with Crippen LogP contribution in [0.15, 0.2) is 12.2 Å². The van der Waals surface area contributed by atoms with Crippen molar-refractivity contribution >= 4 is 17.8 Å². The van der Waals surface area contributed by atoms with Gasteiger partial charge in [-0.15, -0.1) is 10.1 Å². The molecule has 2 N–H and O–H groups in total. The Kier molecular flexibility index (Phi) is 13.2. The second-order valence-corrected chi connectivity index (χ2v) is 5.45. The number of ether oxygens (including phenoxy) is 1. The van der Waals surface area contributed by atoms with Crippen LogP contribution in [0.5, 0.6) is 0 Å². The van der Waals surface area contributed by atoms with Gasteiger partial charge >= 0.3 is 11.9 Å². The first-order chi connectivity index (χ1) is 12.4. The highest BCUT2D eigenvalue weighted by Gasteiger charge is 2.22. The van der Waals surface area contributed by atoms with Crippen LogP contribution in [0.25, 0.3) is 0 Å². The summed E-state index contributed by atoms with van der Waals surface area (Å²) in [7, 11) is 0. The molecule has 0 radical (unpaired) electrons. The van der Waals surface area contributed by atoms with Crippen molar-refractivity contribution in [3.63, 3.8) is 0 Å². The van der Waals surface area contributed by atoms with E-state index in [0.717, 1.165) is 6.42 Å². The van der Waals surface area contributed by atoms with Crippen molar-refractivity contribution in [3.8, 4) is 0 Å². The topological polar surface area (TPSA) is 145 Å². The SMILES string of the molecule is C/C=C\CCCC(=O)NC(CCC(=O)O)C(=O)OCCCCO[N+](=O)[O-]. The van der Waals surface area contributed by atoms with Gasteiger partial charge in [0.05, 0.1) is 13.2 Å². The van der Waals surface area contributed by atoms with Crippen LogP contribution in [0.1, 0.15) is 51.9 Å². The van der Waals surface area contributed by atoms with Crippen LogP contribution in [0.4, 0.5) is 0 Å². The lowest BCUT2D eigenvalue weighted by Crippen LogP contribution is -2.42. The quantitative estimate of drug-likeness (QED) is 0.145. The predicted molar refractivity (Wildman–Crippen MR) is 90.6 cm³/mol. The van der Waals surface area contributed by atoms with Gasteiger partial charge in [-0.1, -0.05) is 12.2 Å². The van der Waals surface area contributed by atoms with Gasteiger partial charge in [0, 0.05) is 12.8 Å². The average molecular weight is 374 g/mol. The molecule has 1 unspecified atom stereocenters. The normalized spacial score (nSPS) is 11.7. The standard InChI is InChI=1S/C16H26N2O8/c1-2-3-4-5-8-14(19)17-13(9-10-15(20)21)16(22)25-11-6-7-12-26-18(23)24/h2-3,13H,4-12H2,1H3,(H,17,19)(H,20,21)/b3-2-. The fourth-order valence-corrected chi connectivity index (χ4v) is 1.95. The van der Waals surface area contributed by atoms with E-state index in [-0.39, 0.29) is 38.4 Å². The van der Waals surface area contributed by atoms with Crippen LogP contribution in [-0.4, -0.2) is 47.3 Å². The number of nitrogens with zero attached hydrogens (tertiary/aromatic N) is 1. The molecule has 0 saturated carbocycles. The number of esters is 1. The Morgan fingerprint density at radius 2 is 1.88 bits per heavy atom. The second-order valence-electron chi connectivity index (χ2n) is 5.45. The van der Waals surface area contributed by atoms with E-state index in [1.165, 1.54) is 0 Å². The average Bonchev–Trinajstić information content (AvgIpc) is 2.57. The minimum Gasteiger partial charge on any atom is -0.481 e. The lowest BCUT2D eigenvalue weighted by atomic mass is 10.1. The van der Waals surface area contributed by atoms with Crippen molar-refractivity contribution in [3.05, 3.63) is 22.3 Å². The van der Waals surface area contributed by atoms with Gasteiger partial charge in [-0.2, -0.15) is 0 Å². The number of nitrogens with one attached hydrogen (secondary N) is 1. The summed E-state index contributed by atoms with van der Waals surface area (Å²) >= 11 is 0. The maximum absolute atomic E-state index is 12.0. The first-order valence-electron chi connectivity index (χ1n) is 8.43. The zero-order chi connectivity index (χ0) is 19.8. The number of aliphatic carboxylic acids is 1. The maximum Gasteiger partial charge on any atom is 0.328 e. The molecule has 0 rings (SSSR count). The molecule has 1 atom stereocenters. The van der Waals surface area contributed by atoms with Crippen molar-refractivity contribution < 1.29 is 34.2 Å². The zero-order valence-corrected chi connectivity index (χ0v) is 14.8. The van der Waals surface area contributed by atoms with Crippen LogP contribution < -0.4 is 5.32 Å². The smallest absolute Gasteiger partial charge is 0.328 e. The van der Waals surface area contributed by atoms with E-state index in [0.29, 0.717) is 19.3 Å². The number of hydrogen-bond acceptors (Lipinski definition) is 7. The van der Waals surface area contributed by atoms with Crippen LogP contribution >= 0.6 is 0 Å². The largest absolute Gasteiger partial charge is 0.481 e. The lowest BCUT2D eigenvalue weighted by Gasteiger charge is -2.17. The number of rotatable bonds is 15. The molecule has 0 fully saturated rings. The first-order valence-corrected chi connectivity index (χ1v) is 8.43. The maximum atomic E-state index is 12.0. The Hall–Kier alpha value is -2.65. The zero-order valence-electron chi connectivity index (χ0n) is 14.8. The molecule has 0 aromatic heterocycles. The molecule has 10 heteroatoms. The van der Waals surface area contributed by atoms with Crippen LogP contribution in [0, 0.1) is 10.1 Å². The van der Waals surface area contributed by atoms with E-state index in [1.54, 1.807) is 0 Å². The third-order valence-corrected chi connectivity index (χ3v) is 3.26. The van der Waals surface area contributed by atoms with Crippen LogP contribution in [0.3, 0.4) is 0 Å². The Balaban J connectivity index is 4.28. The van der Waals surface area contributed by atoms with Gasteiger partial charge < -0.3 is 20.0 Å². The van der Waals surface area contributed by atoms with E-state index in [1.807, 2.05) is 19.1 Å². The molecule has 26 heavy (non-hydrogen) atoms. The van der Waals surface area contributed by atoms with Gasteiger partial charge in [-0.3, -0.25) is 9.59 Å². The lowest BCUT2D eigenvalue weighted by molar-refractivity contribution is -0.757. The van der Waals surface area contributed by atoms with Crippen molar-refractivity contribution in [2.24, 2.45) is 0 Å². The van der Waals surface area contributed by atoms with Gasteiger partial charge in [0.1, 0.15) is 6.04 Å². The molecule has 0 aromatic carbocycles. The first kappa shape index (κ1) is 23.4. The van der Waals surface area contributed by atoms with Gasteiger partial charge in [0.15, 0.2) is 0 Å². The molecular formula is C16H26N2O8. The van der Waals surface area contributed by atoms with E-state index in [2.05, 4.69) is 10.2 Å². The minimum atomic E-state index is -1.08. The number of unbranched alkanes of at least 4 members (excludes halogenated alkanes) is 2. The fourth-order valence-electron chi connectivity index (χ4n) is 1.95. The summed E-state index contributed by atoms with van der Waals surface area (Å²) in [6.07, 6.45) is 5.70. The molecule has 1 amide bonds. The molecule has 0 bridgehead atoms. The summed E-state index contributed by atoms with van der Waals surface area (Å²) in [6.45, 7) is 1.78. The van der Waals surface area contributed by atoms with E-state index < -0.39 is 23.1 Å². The molecule has 148 valence electrons. The molecule has 0 aliphatic rings. The number of carboxylic acid groups (broad SMARTS) is 1. The van der Waals surface area contributed by atoms with Gasteiger partial charge in [-0.05, 0) is 39.0 Å². The molecular weight excluding hydrogens is 348 g/mol. The Bertz CT molecular complexity index is 493. The van der Waals surface area contributed by atoms with E-state index in [4.69, 9.17) is 9.84 Å². The third-order valence-electron chi connectivity index (χ3n) is 3.26. The Labute approximate surface area is 151 Å². The molecule has 10 nitrogen and oxygen atoms in total. The third kappa shape index (κ3) is 13.8. The highest BCUT2D eigenvalue weighted by atomic mass is 16.9. The van der Waals surface area contributed by atoms with Crippen molar-refractivity contribution in [2.75, 3.05) is 13.2 Å². The van der Waals surface area contributed by atoms with E-state index >= 15 is 0 Å². The summed E-state index contributed by atoms with van der Waals surface area (Å²) < 4.78 is 5.00. The van der Waals surface area contributed by atoms with Gasteiger partial charge in [-0.25, -0.2) is 4.79 Å². The number of allylic oxidation sites excluding steroid dienone is 2. The van der Waals surface area contributed by atoms with Gasteiger partial charge in [0.25, 0.3) is 5.09 Å². The summed E-state index contributed by atoms with van der Waals surface area (Å²) in [5, 5.41) is 20.3. The molecule has 0 spiro atoms. The molecule has 0 aliphatic carbocycles. The Morgan fingerprint density at radius 1 is 1.19 bits per heavy atom. The van der Waals surface area contributed by atoms with Crippen molar-refractivity contribution in [1.82, 2.24) is 5.32 Å². The molecule has 0 saturated heterocycles. The monoisotopic (exact) mass is 374 g/mol.